The van der Waals surface area contributed by atoms with E-state index in [9.17, 15) is 5.11 Å². The number of aromatic hydroxyl groups is 1. The molecule has 0 radical (unpaired) electrons. The highest BCUT2D eigenvalue weighted by Gasteiger charge is 2.24. The van der Waals surface area contributed by atoms with Gasteiger partial charge in [-0.1, -0.05) is 36.8 Å². The smallest absolute Gasteiger partial charge is 0.120 e. The van der Waals surface area contributed by atoms with Gasteiger partial charge in [-0.15, -0.1) is 0 Å². The van der Waals surface area contributed by atoms with Gasteiger partial charge in [0.25, 0.3) is 0 Å². The SMILES string of the molecule is CC1CCCC(C)N1NCc1c(O)ccc2ccccc12. The molecule has 0 aliphatic carbocycles. The highest BCUT2D eigenvalue weighted by molar-refractivity contribution is 5.87. The molecule has 3 nitrogen and oxygen atoms in total. The molecule has 3 heteroatoms. The number of hydrazine groups is 1. The highest BCUT2D eigenvalue weighted by atomic mass is 16.3. The number of rotatable bonds is 3. The standard InChI is InChI=1S/C18H24N2O/c1-13-6-5-7-14(2)20(13)19-12-17-16-9-4-3-8-15(16)10-11-18(17)21/h3-4,8-11,13-14,19,21H,5-7,12H2,1-2H3. The molecule has 21 heavy (non-hydrogen) atoms. The molecule has 2 aromatic rings. The Morgan fingerprint density at radius 3 is 2.57 bits per heavy atom. The summed E-state index contributed by atoms with van der Waals surface area (Å²) in [6.07, 6.45) is 3.78. The number of hydrogen-bond donors (Lipinski definition) is 2. The van der Waals surface area contributed by atoms with Gasteiger partial charge in [0.1, 0.15) is 5.75 Å². The first-order valence-corrected chi connectivity index (χ1v) is 7.88. The fraction of sp³-hybridized carbons (Fsp3) is 0.444. The Bertz CT molecular complexity index is 616. The lowest BCUT2D eigenvalue weighted by molar-refractivity contribution is 0.0434. The summed E-state index contributed by atoms with van der Waals surface area (Å²) in [5.74, 6) is 0.374. The number of phenols is 1. The van der Waals surface area contributed by atoms with Crippen molar-refractivity contribution in [3.05, 3.63) is 42.0 Å². The molecule has 0 saturated carbocycles. The van der Waals surface area contributed by atoms with Crippen LogP contribution in [0.25, 0.3) is 10.8 Å². The normalized spacial score (nSPS) is 23.5. The molecular weight excluding hydrogens is 260 g/mol. The summed E-state index contributed by atoms with van der Waals surface area (Å²) in [7, 11) is 0. The third-order valence-corrected chi connectivity index (χ3v) is 4.65. The molecule has 2 aromatic carbocycles. The van der Waals surface area contributed by atoms with Crippen molar-refractivity contribution < 1.29 is 5.11 Å². The second-order valence-electron chi connectivity index (χ2n) is 6.16. The van der Waals surface area contributed by atoms with E-state index < -0.39 is 0 Å². The molecule has 0 spiro atoms. The van der Waals surface area contributed by atoms with Gasteiger partial charge in [-0.25, -0.2) is 5.01 Å². The minimum Gasteiger partial charge on any atom is -0.508 e. The molecule has 112 valence electrons. The first-order valence-electron chi connectivity index (χ1n) is 7.88. The van der Waals surface area contributed by atoms with Crippen LogP contribution in [0.3, 0.4) is 0 Å². The van der Waals surface area contributed by atoms with Crippen LogP contribution in [0.5, 0.6) is 5.75 Å². The Kier molecular flexibility index (Phi) is 4.13. The number of fused-ring (bicyclic) bond motifs is 1. The van der Waals surface area contributed by atoms with Crippen LogP contribution < -0.4 is 5.43 Å². The summed E-state index contributed by atoms with van der Waals surface area (Å²) >= 11 is 0. The third kappa shape index (κ3) is 2.89. The molecule has 1 aliphatic rings. The van der Waals surface area contributed by atoms with Crippen molar-refractivity contribution in [2.45, 2.75) is 51.7 Å². The molecule has 3 rings (SSSR count). The number of nitrogens with one attached hydrogen (secondary N) is 1. The van der Waals surface area contributed by atoms with Crippen LogP contribution in [0, 0.1) is 0 Å². The summed E-state index contributed by atoms with van der Waals surface area (Å²) in [5, 5.41) is 14.9. The summed E-state index contributed by atoms with van der Waals surface area (Å²) in [6, 6.07) is 13.1. The quantitative estimate of drug-likeness (QED) is 0.899. The number of benzene rings is 2. The lowest BCUT2D eigenvalue weighted by atomic mass is 9.99. The van der Waals surface area contributed by atoms with Gasteiger partial charge in [-0.05, 0) is 43.5 Å². The van der Waals surface area contributed by atoms with E-state index >= 15 is 0 Å². The molecule has 1 fully saturated rings. The zero-order chi connectivity index (χ0) is 14.8. The Morgan fingerprint density at radius 2 is 1.81 bits per heavy atom. The summed E-state index contributed by atoms with van der Waals surface area (Å²) < 4.78 is 0. The second-order valence-corrected chi connectivity index (χ2v) is 6.16. The number of piperidine rings is 1. The van der Waals surface area contributed by atoms with Gasteiger partial charge in [0.2, 0.25) is 0 Å². The lowest BCUT2D eigenvalue weighted by Crippen LogP contribution is -2.51. The average molecular weight is 284 g/mol. The molecule has 2 N–H and O–H groups in total. The average Bonchev–Trinajstić information content (AvgIpc) is 2.48. The number of nitrogens with zero attached hydrogens (tertiary/aromatic N) is 1. The Labute approximate surface area is 126 Å². The zero-order valence-electron chi connectivity index (χ0n) is 12.8. The lowest BCUT2D eigenvalue weighted by Gasteiger charge is -2.39. The fourth-order valence-electron chi connectivity index (χ4n) is 3.41. The molecule has 2 atom stereocenters. The van der Waals surface area contributed by atoms with Crippen LogP contribution in [-0.4, -0.2) is 22.2 Å². The molecule has 1 saturated heterocycles. The van der Waals surface area contributed by atoms with E-state index in [2.05, 4.69) is 36.4 Å². The van der Waals surface area contributed by atoms with Gasteiger partial charge in [0, 0.05) is 24.2 Å². The highest BCUT2D eigenvalue weighted by Crippen LogP contribution is 2.28. The van der Waals surface area contributed by atoms with Crippen molar-refractivity contribution in [3.8, 4) is 5.75 Å². The van der Waals surface area contributed by atoms with Crippen molar-refractivity contribution in [2.75, 3.05) is 0 Å². The molecule has 2 unspecified atom stereocenters. The van der Waals surface area contributed by atoms with Crippen LogP contribution in [0.2, 0.25) is 0 Å². The van der Waals surface area contributed by atoms with E-state index in [1.807, 2.05) is 18.2 Å². The van der Waals surface area contributed by atoms with Crippen LogP contribution >= 0.6 is 0 Å². The number of phenolic OH excluding ortho intramolecular Hbond substituents is 1. The summed E-state index contributed by atoms with van der Waals surface area (Å²) in [4.78, 5) is 0. The number of hydrogen-bond acceptors (Lipinski definition) is 3. The van der Waals surface area contributed by atoms with E-state index in [0.29, 0.717) is 24.4 Å². The largest absolute Gasteiger partial charge is 0.508 e. The van der Waals surface area contributed by atoms with Crippen LogP contribution in [0.15, 0.2) is 36.4 Å². The van der Waals surface area contributed by atoms with Crippen molar-refractivity contribution in [1.29, 1.82) is 0 Å². The zero-order valence-corrected chi connectivity index (χ0v) is 12.8. The van der Waals surface area contributed by atoms with Crippen LogP contribution in [0.1, 0.15) is 38.7 Å². The Morgan fingerprint density at radius 1 is 1.10 bits per heavy atom. The van der Waals surface area contributed by atoms with E-state index in [0.717, 1.165) is 10.9 Å². The minimum atomic E-state index is 0.374. The van der Waals surface area contributed by atoms with Gasteiger partial charge in [-0.3, -0.25) is 5.43 Å². The maximum Gasteiger partial charge on any atom is 0.120 e. The van der Waals surface area contributed by atoms with Crippen molar-refractivity contribution in [3.63, 3.8) is 0 Å². The van der Waals surface area contributed by atoms with E-state index in [-0.39, 0.29) is 0 Å². The monoisotopic (exact) mass is 284 g/mol. The van der Waals surface area contributed by atoms with E-state index in [4.69, 9.17) is 0 Å². The Hall–Kier alpha value is -1.58. The van der Waals surface area contributed by atoms with Crippen molar-refractivity contribution in [1.82, 2.24) is 10.4 Å². The van der Waals surface area contributed by atoms with Crippen molar-refractivity contribution in [2.24, 2.45) is 0 Å². The van der Waals surface area contributed by atoms with Gasteiger partial charge in [0.15, 0.2) is 0 Å². The van der Waals surface area contributed by atoms with Crippen LogP contribution in [0.4, 0.5) is 0 Å². The predicted molar refractivity (Wildman–Crippen MR) is 87.1 cm³/mol. The van der Waals surface area contributed by atoms with E-state index in [1.165, 1.54) is 24.6 Å². The molecule has 1 aliphatic heterocycles. The van der Waals surface area contributed by atoms with Gasteiger partial charge in [0.05, 0.1) is 0 Å². The van der Waals surface area contributed by atoms with E-state index in [1.54, 1.807) is 6.07 Å². The molecule has 0 bridgehead atoms. The molecule has 0 aromatic heterocycles. The fourth-order valence-corrected chi connectivity index (χ4v) is 3.41. The first-order chi connectivity index (χ1) is 10.2. The Balaban J connectivity index is 1.83. The summed E-state index contributed by atoms with van der Waals surface area (Å²) in [5.41, 5.74) is 4.53. The third-order valence-electron chi connectivity index (χ3n) is 4.65. The molecular formula is C18H24N2O. The second kappa shape index (κ2) is 6.04. The summed E-state index contributed by atoms with van der Waals surface area (Å²) in [6.45, 7) is 5.21. The molecule has 1 heterocycles. The minimum absolute atomic E-state index is 0.374. The van der Waals surface area contributed by atoms with Crippen LogP contribution in [-0.2, 0) is 6.54 Å². The predicted octanol–water partition coefficient (Wildman–Crippen LogP) is 3.81. The maximum atomic E-state index is 10.2. The first kappa shape index (κ1) is 14.4. The van der Waals surface area contributed by atoms with Crippen molar-refractivity contribution >= 4 is 10.8 Å². The topological polar surface area (TPSA) is 35.5 Å². The van der Waals surface area contributed by atoms with Gasteiger partial charge >= 0.3 is 0 Å². The molecule has 0 amide bonds. The van der Waals surface area contributed by atoms with Gasteiger partial charge in [-0.2, -0.15) is 0 Å². The maximum absolute atomic E-state index is 10.2. The van der Waals surface area contributed by atoms with Gasteiger partial charge < -0.3 is 5.11 Å².